The lowest BCUT2D eigenvalue weighted by atomic mass is 9.98. The highest BCUT2D eigenvalue weighted by atomic mass is 16.5. The first-order chi connectivity index (χ1) is 7.15. The summed E-state index contributed by atoms with van der Waals surface area (Å²) in [6.07, 6.45) is 1.27. The van der Waals surface area contributed by atoms with Crippen molar-refractivity contribution in [3.8, 4) is 5.75 Å². The summed E-state index contributed by atoms with van der Waals surface area (Å²) in [6, 6.07) is 3.59. The van der Waals surface area contributed by atoms with Gasteiger partial charge in [0.15, 0.2) is 0 Å². The molecule has 0 heterocycles. The van der Waals surface area contributed by atoms with E-state index in [1.807, 2.05) is 13.8 Å². The van der Waals surface area contributed by atoms with E-state index in [0.717, 1.165) is 5.56 Å². The Balaban J connectivity index is 3.35. The second kappa shape index (κ2) is 4.79. The molecule has 1 rings (SSSR count). The second-order valence-electron chi connectivity index (χ2n) is 3.26. The summed E-state index contributed by atoms with van der Waals surface area (Å²) in [7, 11) is 0. The van der Waals surface area contributed by atoms with Gasteiger partial charge in [0.1, 0.15) is 5.75 Å². The van der Waals surface area contributed by atoms with Crippen LogP contribution in [0.2, 0.25) is 0 Å². The predicted octanol–water partition coefficient (Wildman–Crippen LogP) is 1.64. The third kappa shape index (κ3) is 2.10. The lowest BCUT2D eigenvalue weighted by Crippen LogP contribution is -2.20. The molecule has 4 heteroatoms. The molecule has 0 fully saturated rings. The Morgan fingerprint density at radius 3 is 2.27 bits per heavy atom. The molecule has 0 saturated heterocycles. The van der Waals surface area contributed by atoms with E-state index in [9.17, 15) is 9.90 Å². The fourth-order valence-corrected chi connectivity index (χ4v) is 1.57. The number of carbonyl (C=O) groups is 1. The average Bonchev–Trinajstić information content (AvgIpc) is 2.27. The molecule has 3 N–H and O–H groups in total. The van der Waals surface area contributed by atoms with Crippen LogP contribution in [0.5, 0.6) is 5.75 Å². The zero-order chi connectivity index (χ0) is 11.4. The summed E-state index contributed by atoms with van der Waals surface area (Å²) in [5, 5.41) is 18.4. The molecule has 1 amide bonds. The van der Waals surface area contributed by atoms with E-state index in [-0.39, 0.29) is 11.3 Å². The van der Waals surface area contributed by atoms with Gasteiger partial charge in [0.2, 0.25) is 0 Å². The molecule has 0 saturated carbocycles. The van der Waals surface area contributed by atoms with E-state index in [4.69, 9.17) is 5.21 Å². The number of aromatic hydroxyl groups is 1. The number of hydrogen-bond acceptors (Lipinski definition) is 3. The van der Waals surface area contributed by atoms with Crippen LogP contribution in [-0.4, -0.2) is 16.2 Å². The number of phenols is 1. The fourth-order valence-electron chi connectivity index (χ4n) is 1.57. The van der Waals surface area contributed by atoms with Crippen molar-refractivity contribution in [2.24, 2.45) is 0 Å². The third-order valence-electron chi connectivity index (χ3n) is 2.44. The van der Waals surface area contributed by atoms with Crippen LogP contribution in [0.1, 0.15) is 35.3 Å². The molecule has 82 valence electrons. The number of nitrogens with one attached hydrogen (secondary N) is 1. The summed E-state index contributed by atoms with van der Waals surface area (Å²) in [4.78, 5) is 11.4. The van der Waals surface area contributed by atoms with Gasteiger partial charge in [-0.15, -0.1) is 0 Å². The van der Waals surface area contributed by atoms with Gasteiger partial charge in [-0.25, -0.2) is 5.48 Å². The summed E-state index contributed by atoms with van der Waals surface area (Å²) >= 11 is 0. The van der Waals surface area contributed by atoms with Gasteiger partial charge in [0.25, 0.3) is 5.91 Å². The van der Waals surface area contributed by atoms with Gasteiger partial charge in [-0.05, 0) is 24.0 Å². The smallest absolute Gasteiger partial charge is 0.278 e. The summed E-state index contributed by atoms with van der Waals surface area (Å²) in [6.45, 7) is 3.77. The highest BCUT2D eigenvalue weighted by molar-refractivity contribution is 5.98. The van der Waals surface area contributed by atoms with E-state index in [2.05, 4.69) is 0 Å². The Kier molecular flexibility index (Phi) is 3.68. The monoisotopic (exact) mass is 209 g/mol. The van der Waals surface area contributed by atoms with Gasteiger partial charge in [-0.2, -0.15) is 0 Å². The van der Waals surface area contributed by atoms with Crippen LogP contribution in [0.3, 0.4) is 0 Å². The van der Waals surface area contributed by atoms with E-state index in [1.165, 1.54) is 0 Å². The first-order valence-corrected chi connectivity index (χ1v) is 4.93. The largest absolute Gasteiger partial charge is 0.507 e. The van der Waals surface area contributed by atoms with Gasteiger partial charge < -0.3 is 5.11 Å². The molecule has 1 aromatic carbocycles. The maximum absolute atomic E-state index is 11.4. The van der Waals surface area contributed by atoms with Gasteiger partial charge in [0.05, 0.1) is 5.56 Å². The van der Waals surface area contributed by atoms with E-state index >= 15 is 0 Å². The van der Waals surface area contributed by atoms with Crippen molar-refractivity contribution >= 4 is 5.91 Å². The molecule has 0 aromatic heterocycles. The Bertz CT molecular complexity index is 374. The number of rotatable bonds is 3. The summed E-state index contributed by atoms with van der Waals surface area (Å²) in [5.41, 5.74) is 3.13. The van der Waals surface area contributed by atoms with E-state index < -0.39 is 5.91 Å². The molecule has 0 aliphatic heterocycles. The minimum Gasteiger partial charge on any atom is -0.507 e. The van der Waals surface area contributed by atoms with Crippen molar-refractivity contribution in [2.45, 2.75) is 26.7 Å². The van der Waals surface area contributed by atoms with Crippen LogP contribution in [0.4, 0.5) is 0 Å². The van der Waals surface area contributed by atoms with Gasteiger partial charge >= 0.3 is 0 Å². The SMILES string of the molecule is CCc1ccc(CC)c(C(=O)NO)c1O. The Morgan fingerprint density at radius 2 is 1.80 bits per heavy atom. The van der Waals surface area contributed by atoms with Crippen LogP contribution in [0.15, 0.2) is 12.1 Å². The molecule has 0 aliphatic carbocycles. The quantitative estimate of drug-likeness (QED) is 0.523. The molecular weight excluding hydrogens is 194 g/mol. The number of amides is 1. The van der Waals surface area contributed by atoms with Crippen LogP contribution in [0, 0.1) is 0 Å². The lowest BCUT2D eigenvalue weighted by molar-refractivity contribution is 0.0702. The molecule has 0 unspecified atom stereocenters. The Labute approximate surface area is 88.5 Å². The number of carbonyl (C=O) groups excluding carboxylic acids is 1. The Morgan fingerprint density at radius 1 is 1.27 bits per heavy atom. The zero-order valence-corrected chi connectivity index (χ0v) is 8.87. The number of benzene rings is 1. The minimum absolute atomic E-state index is 0.0385. The molecule has 0 spiro atoms. The molecule has 0 atom stereocenters. The predicted molar refractivity (Wildman–Crippen MR) is 56.1 cm³/mol. The van der Waals surface area contributed by atoms with Crippen LogP contribution in [0.25, 0.3) is 0 Å². The summed E-state index contributed by atoms with van der Waals surface area (Å²) in [5.74, 6) is -0.706. The van der Waals surface area contributed by atoms with Crippen molar-refractivity contribution in [1.29, 1.82) is 0 Å². The van der Waals surface area contributed by atoms with Crippen molar-refractivity contribution < 1.29 is 15.1 Å². The Hall–Kier alpha value is -1.55. The van der Waals surface area contributed by atoms with Crippen LogP contribution < -0.4 is 5.48 Å². The molecule has 0 radical (unpaired) electrons. The lowest BCUT2D eigenvalue weighted by Gasteiger charge is -2.11. The number of hydrogen-bond donors (Lipinski definition) is 3. The fraction of sp³-hybridized carbons (Fsp3) is 0.364. The average molecular weight is 209 g/mol. The van der Waals surface area contributed by atoms with Gasteiger partial charge in [-0.1, -0.05) is 26.0 Å². The second-order valence-corrected chi connectivity index (χ2v) is 3.26. The number of aryl methyl sites for hydroxylation is 2. The summed E-state index contributed by atoms with van der Waals surface area (Å²) < 4.78 is 0. The first kappa shape index (κ1) is 11.5. The van der Waals surface area contributed by atoms with Crippen molar-refractivity contribution in [1.82, 2.24) is 5.48 Å². The van der Waals surface area contributed by atoms with Crippen molar-refractivity contribution in [3.63, 3.8) is 0 Å². The molecule has 15 heavy (non-hydrogen) atoms. The molecule has 0 bridgehead atoms. The zero-order valence-electron chi connectivity index (χ0n) is 8.87. The van der Waals surface area contributed by atoms with E-state index in [0.29, 0.717) is 18.4 Å². The maximum Gasteiger partial charge on any atom is 0.278 e. The maximum atomic E-state index is 11.4. The number of phenolic OH excluding ortho intramolecular Hbond substituents is 1. The molecule has 4 nitrogen and oxygen atoms in total. The van der Waals surface area contributed by atoms with Gasteiger partial charge in [0, 0.05) is 0 Å². The normalized spacial score (nSPS) is 10.1. The topological polar surface area (TPSA) is 69.6 Å². The highest BCUT2D eigenvalue weighted by Crippen LogP contribution is 2.26. The minimum atomic E-state index is -0.667. The first-order valence-electron chi connectivity index (χ1n) is 4.93. The van der Waals surface area contributed by atoms with Crippen molar-refractivity contribution in [3.05, 3.63) is 28.8 Å². The molecular formula is C11H15NO3. The van der Waals surface area contributed by atoms with Crippen LogP contribution in [-0.2, 0) is 12.8 Å². The molecule has 0 aliphatic rings. The standard InChI is InChI=1S/C11H15NO3/c1-3-7-5-6-8(4-2)10(13)9(7)11(14)12-15/h5-6,13,15H,3-4H2,1-2H3,(H,12,14). The molecule has 1 aromatic rings. The number of hydroxylamine groups is 1. The van der Waals surface area contributed by atoms with Crippen molar-refractivity contribution in [2.75, 3.05) is 0 Å². The highest BCUT2D eigenvalue weighted by Gasteiger charge is 2.17. The van der Waals surface area contributed by atoms with Crippen LogP contribution >= 0.6 is 0 Å². The third-order valence-corrected chi connectivity index (χ3v) is 2.44. The van der Waals surface area contributed by atoms with Gasteiger partial charge in [-0.3, -0.25) is 10.0 Å². The van der Waals surface area contributed by atoms with E-state index in [1.54, 1.807) is 17.6 Å².